The normalized spacial score (nSPS) is 11.7. The van der Waals surface area contributed by atoms with Crippen LogP contribution >= 0.6 is 0 Å². The van der Waals surface area contributed by atoms with Gasteiger partial charge in [-0.05, 0) is 37.5 Å². The van der Waals surface area contributed by atoms with Gasteiger partial charge < -0.3 is 24.2 Å². The Hall–Kier alpha value is -2.28. The molecule has 0 heterocycles. The van der Waals surface area contributed by atoms with Crippen LogP contribution in [-0.2, 0) is 20.7 Å². The Morgan fingerprint density at radius 1 is 0.967 bits per heavy atom. The van der Waals surface area contributed by atoms with Gasteiger partial charge in [-0.3, -0.25) is 0 Å². The van der Waals surface area contributed by atoms with Crippen molar-refractivity contribution in [2.24, 2.45) is 0 Å². The minimum Gasteiger partial charge on any atom is -0.492 e. The van der Waals surface area contributed by atoms with Gasteiger partial charge >= 0.3 is 12.1 Å². The van der Waals surface area contributed by atoms with E-state index in [1.807, 2.05) is 12.1 Å². The fourth-order valence-corrected chi connectivity index (χ4v) is 2.87. The topological polar surface area (TPSA) is 85.3 Å². The Morgan fingerprint density at radius 2 is 1.67 bits per heavy atom. The van der Waals surface area contributed by atoms with Crippen LogP contribution in [0.15, 0.2) is 24.3 Å². The zero-order valence-electron chi connectivity index (χ0n) is 18.6. The maximum atomic E-state index is 12.3. The fourth-order valence-electron chi connectivity index (χ4n) is 2.87. The molecule has 0 saturated carbocycles. The van der Waals surface area contributed by atoms with E-state index in [1.54, 1.807) is 24.0 Å². The lowest BCUT2D eigenvalue weighted by atomic mass is 10.1. The number of hydrogen-bond donors (Lipinski definition) is 1. The smallest absolute Gasteiger partial charge is 0.409 e. The van der Waals surface area contributed by atoms with E-state index in [2.05, 4.69) is 13.8 Å². The highest BCUT2D eigenvalue weighted by molar-refractivity contribution is 5.72. The summed E-state index contributed by atoms with van der Waals surface area (Å²) in [6, 6.07) is 7.28. The van der Waals surface area contributed by atoms with Crippen LogP contribution in [0, 0.1) is 0 Å². The molecule has 0 aliphatic heterocycles. The molecule has 1 atom stereocenters. The second kappa shape index (κ2) is 15.5. The van der Waals surface area contributed by atoms with Crippen molar-refractivity contribution in [2.45, 2.75) is 65.4 Å². The highest BCUT2D eigenvalue weighted by Crippen LogP contribution is 2.15. The zero-order valence-corrected chi connectivity index (χ0v) is 18.6. The summed E-state index contributed by atoms with van der Waals surface area (Å²) in [7, 11) is 0. The Labute approximate surface area is 180 Å². The molecule has 7 heteroatoms. The van der Waals surface area contributed by atoms with Gasteiger partial charge in [0, 0.05) is 19.6 Å². The average molecular weight is 424 g/mol. The van der Waals surface area contributed by atoms with Crippen LogP contribution in [0.4, 0.5) is 4.79 Å². The molecule has 0 aliphatic rings. The third-order valence-electron chi connectivity index (χ3n) is 4.63. The summed E-state index contributed by atoms with van der Waals surface area (Å²) in [4.78, 5) is 25.2. The molecule has 30 heavy (non-hydrogen) atoms. The molecule has 0 radical (unpaired) electrons. The minimum atomic E-state index is -0.967. The van der Waals surface area contributed by atoms with E-state index in [9.17, 15) is 14.7 Å². The predicted molar refractivity (Wildman–Crippen MR) is 116 cm³/mol. The number of unbranched alkanes of at least 4 members (excludes halogenated alkanes) is 3. The number of carboxylic acids is 1. The number of carboxylic acid groups (broad SMARTS) is 1. The number of carbonyl (C=O) groups excluding carboxylic acids is 1. The molecule has 0 bridgehead atoms. The maximum Gasteiger partial charge on any atom is 0.409 e. The van der Waals surface area contributed by atoms with Crippen LogP contribution in [-0.4, -0.2) is 61.1 Å². The number of hydrogen-bond acceptors (Lipinski definition) is 5. The van der Waals surface area contributed by atoms with Gasteiger partial charge in [-0.15, -0.1) is 0 Å². The molecule has 1 amide bonds. The molecule has 1 aromatic rings. The fraction of sp³-hybridized carbons (Fsp3) is 0.652. The molecule has 7 nitrogen and oxygen atoms in total. The summed E-state index contributed by atoms with van der Waals surface area (Å²) in [5, 5.41) is 9.19. The molecule has 0 aromatic heterocycles. The molecular formula is C23H37NO6. The number of nitrogens with zero attached hydrogens (tertiary/aromatic N) is 1. The van der Waals surface area contributed by atoms with E-state index >= 15 is 0 Å². The van der Waals surface area contributed by atoms with Gasteiger partial charge in [0.15, 0.2) is 6.10 Å². The summed E-state index contributed by atoms with van der Waals surface area (Å²) in [5.41, 5.74) is 0.865. The first kappa shape index (κ1) is 25.8. The molecule has 0 fully saturated rings. The monoisotopic (exact) mass is 423 g/mol. The van der Waals surface area contributed by atoms with Crippen molar-refractivity contribution in [1.82, 2.24) is 4.90 Å². The quantitative estimate of drug-likeness (QED) is 0.393. The number of amides is 1. The van der Waals surface area contributed by atoms with E-state index in [1.165, 1.54) is 0 Å². The first-order valence-corrected chi connectivity index (χ1v) is 11.0. The standard InChI is InChI=1S/C23H37NO6/c1-4-7-9-14-24(23(27)30-16-8-5-2)15-17-29-20-12-10-19(11-13-20)18-21(22(25)26)28-6-3/h10-13,21H,4-9,14-18H2,1-3H3,(H,25,26). The second-order valence-electron chi connectivity index (χ2n) is 7.14. The van der Waals surface area contributed by atoms with Gasteiger partial charge in [0.25, 0.3) is 0 Å². The third kappa shape index (κ3) is 10.5. The third-order valence-corrected chi connectivity index (χ3v) is 4.63. The van der Waals surface area contributed by atoms with Crippen molar-refractivity contribution in [3.05, 3.63) is 29.8 Å². The number of ether oxygens (including phenoxy) is 3. The molecule has 0 spiro atoms. The molecule has 1 unspecified atom stereocenters. The molecule has 0 aliphatic carbocycles. The number of rotatable bonds is 16. The van der Waals surface area contributed by atoms with Crippen LogP contribution in [0.25, 0.3) is 0 Å². The summed E-state index contributed by atoms with van der Waals surface area (Å²) in [6.45, 7) is 8.25. The van der Waals surface area contributed by atoms with E-state index < -0.39 is 12.1 Å². The minimum absolute atomic E-state index is 0.283. The van der Waals surface area contributed by atoms with E-state index in [4.69, 9.17) is 14.2 Å². The molecule has 1 rings (SSSR count). The Balaban J connectivity index is 2.52. The average Bonchev–Trinajstić information content (AvgIpc) is 2.73. The lowest BCUT2D eigenvalue weighted by molar-refractivity contribution is -0.149. The van der Waals surface area contributed by atoms with Gasteiger partial charge in [-0.2, -0.15) is 0 Å². The second-order valence-corrected chi connectivity index (χ2v) is 7.14. The summed E-state index contributed by atoms with van der Waals surface area (Å²) < 4.78 is 16.4. The van der Waals surface area contributed by atoms with E-state index in [-0.39, 0.29) is 6.09 Å². The summed E-state index contributed by atoms with van der Waals surface area (Å²) in [6.07, 6.45) is 4.12. The van der Waals surface area contributed by atoms with Crippen LogP contribution in [0.5, 0.6) is 5.75 Å². The lowest BCUT2D eigenvalue weighted by Crippen LogP contribution is -2.36. The van der Waals surface area contributed by atoms with Gasteiger partial charge in [0.1, 0.15) is 12.4 Å². The molecule has 1 N–H and O–H groups in total. The van der Waals surface area contributed by atoms with Crippen molar-refractivity contribution in [1.29, 1.82) is 0 Å². The van der Waals surface area contributed by atoms with Crippen LogP contribution in [0.1, 0.15) is 58.4 Å². The Morgan fingerprint density at radius 3 is 2.27 bits per heavy atom. The van der Waals surface area contributed by atoms with Gasteiger partial charge in [0.2, 0.25) is 0 Å². The van der Waals surface area contributed by atoms with Crippen molar-refractivity contribution >= 4 is 12.1 Å². The van der Waals surface area contributed by atoms with Crippen LogP contribution in [0.3, 0.4) is 0 Å². The van der Waals surface area contributed by atoms with Crippen molar-refractivity contribution in [3.63, 3.8) is 0 Å². The molecule has 1 aromatic carbocycles. The Kier molecular flexibility index (Phi) is 13.3. The zero-order chi connectivity index (χ0) is 22.2. The van der Waals surface area contributed by atoms with Gasteiger partial charge in [0.05, 0.1) is 13.2 Å². The van der Waals surface area contributed by atoms with Crippen LogP contribution in [0.2, 0.25) is 0 Å². The van der Waals surface area contributed by atoms with E-state index in [0.29, 0.717) is 45.1 Å². The van der Waals surface area contributed by atoms with Crippen molar-refractivity contribution in [3.8, 4) is 5.75 Å². The SMILES string of the molecule is CCCCCN(CCOc1ccc(CC(OCC)C(=O)O)cc1)C(=O)OCCCC. The number of carbonyl (C=O) groups is 2. The number of benzene rings is 1. The van der Waals surface area contributed by atoms with Crippen LogP contribution < -0.4 is 4.74 Å². The molecule has 170 valence electrons. The van der Waals surface area contributed by atoms with Gasteiger partial charge in [-0.25, -0.2) is 9.59 Å². The maximum absolute atomic E-state index is 12.3. The van der Waals surface area contributed by atoms with Crippen molar-refractivity contribution < 1.29 is 28.9 Å². The highest BCUT2D eigenvalue weighted by Gasteiger charge is 2.18. The first-order valence-electron chi connectivity index (χ1n) is 11.0. The summed E-state index contributed by atoms with van der Waals surface area (Å²) in [5.74, 6) is -0.291. The molecule has 0 saturated heterocycles. The molecular weight excluding hydrogens is 386 g/mol. The Bertz CT molecular complexity index is 604. The van der Waals surface area contributed by atoms with Crippen molar-refractivity contribution in [2.75, 3.05) is 32.9 Å². The largest absolute Gasteiger partial charge is 0.492 e. The first-order chi connectivity index (χ1) is 14.5. The summed E-state index contributed by atoms with van der Waals surface area (Å²) >= 11 is 0. The lowest BCUT2D eigenvalue weighted by Gasteiger charge is -2.22. The predicted octanol–water partition coefficient (Wildman–Crippen LogP) is 4.53. The van der Waals surface area contributed by atoms with Gasteiger partial charge in [-0.1, -0.05) is 45.2 Å². The highest BCUT2D eigenvalue weighted by atomic mass is 16.6. The number of aliphatic carboxylic acids is 1. The van der Waals surface area contributed by atoms with E-state index in [0.717, 1.165) is 37.7 Å².